The molecule has 2 heteroatoms. The molecule has 0 saturated heterocycles. The molecule has 0 saturated carbocycles. The second-order valence-electron chi connectivity index (χ2n) is 3.39. The van der Waals surface area contributed by atoms with Gasteiger partial charge in [0, 0.05) is 6.42 Å². The fraction of sp³-hybridized carbons (Fsp3) is 0.154. The van der Waals surface area contributed by atoms with Crippen molar-refractivity contribution >= 4 is 0 Å². The molecule has 1 nitrogen and oxygen atoms in total. The smallest absolute Gasteiger partial charge is 0.126 e. The van der Waals surface area contributed by atoms with E-state index in [9.17, 15) is 4.39 Å². The molecule has 0 aliphatic heterocycles. The molecule has 0 amide bonds. The van der Waals surface area contributed by atoms with Gasteiger partial charge in [0.05, 0.1) is 6.61 Å². The SMILES string of the molecule is FC1=CC=C[C](OCc2ccccc2)C1. The zero-order valence-corrected chi connectivity index (χ0v) is 8.32. The van der Waals surface area contributed by atoms with E-state index in [1.807, 2.05) is 30.3 Å². The molecule has 0 N–H and O–H groups in total. The van der Waals surface area contributed by atoms with Gasteiger partial charge in [-0.15, -0.1) is 0 Å². The van der Waals surface area contributed by atoms with Crippen molar-refractivity contribution in [2.24, 2.45) is 0 Å². The van der Waals surface area contributed by atoms with Crippen LogP contribution in [0.2, 0.25) is 0 Å². The summed E-state index contributed by atoms with van der Waals surface area (Å²) in [6.45, 7) is 0.494. The van der Waals surface area contributed by atoms with Gasteiger partial charge in [-0.2, -0.15) is 0 Å². The third kappa shape index (κ3) is 3.03. The standard InChI is InChI=1S/C13H12FO/c14-12-7-4-8-13(9-12)15-10-11-5-2-1-3-6-11/h1-8H,9-10H2. The summed E-state index contributed by atoms with van der Waals surface area (Å²) in [4.78, 5) is 0. The highest BCUT2D eigenvalue weighted by atomic mass is 19.1. The Morgan fingerprint density at radius 3 is 2.73 bits per heavy atom. The van der Waals surface area contributed by atoms with Crippen molar-refractivity contribution in [3.63, 3.8) is 0 Å². The third-order valence-electron chi connectivity index (χ3n) is 2.17. The van der Waals surface area contributed by atoms with E-state index in [4.69, 9.17) is 4.74 Å². The van der Waals surface area contributed by atoms with Crippen LogP contribution in [0.1, 0.15) is 12.0 Å². The van der Waals surface area contributed by atoms with Crippen molar-refractivity contribution in [1.82, 2.24) is 0 Å². The van der Waals surface area contributed by atoms with Gasteiger partial charge < -0.3 is 4.74 Å². The lowest BCUT2D eigenvalue weighted by molar-refractivity contribution is 0.143. The van der Waals surface area contributed by atoms with Gasteiger partial charge in [-0.3, -0.25) is 0 Å². The Morgan fingerprint density at radius 2 is 2.00 bits per heavy atom. The molecule has 0 aromatic heterocycles. The number of benzene rings is 1. The Bertz CT molecular complexity index is 367. The monoisotopic (exact) mass is 203 g/mol. The number of halogens is 1. The summed E-state index contributed by atoms with van der Waals surface area (Å²) < 4.78 is 18.4. The summed E-state index contributed by atoms with van der Waals surface area (Å²) in [5.74, 6) is -0.152. The van der Waals surface area contributed by atoms with Gasteiger partial charge in [-0.1, -0.05) is 36.4 Å². The lowest BCUT2D eigenvalue weighted by Gasteiger charge is -2.14. The molecular formula is C13H12FO. The normalized spacial score (nSPS) is 16.5. The summed E-state index contributed by atoms with van der Waals surface area (Å²) in [5.41, 5.74) is 1.09. The van der Waals surface area contributed by atoms with Crippen LogP contribution < -0.4 is 0 Å². The number of rotatable bonds is 3. The molecule has 1 aliphatic rings. The number of ether oxygens (including phenoxy) is 1. The van der Waals surface area contributed by atoms with E-state index in [2.05, 4.69) is 0 Å². The Kier molecular flexibility index (Phi) is 3.30. The van der Waals surface area contributed by atoms with Gasteiger partial charge in [0.15, 0.2) is 0 Å². The summed E-state index contributed by atoms with van der Waals surface area (Å²) in [6, 6.07) is 9.85. The molecule has 0 atom stereocenters. The molecule has 1 aromatic rings. The first-order valence-electron chi connectivity index (χ1n) is 4.90. The Hall–Kier alpha value is -1.41. The topological polar surface area (TPSA) is 9.23 Å². The van der Waals surface area contributed by atoms with Gasteiger partial charge in [-0.25, -0.2) is 4.39 Å². The zero-order valence-electron chi connectivity index (χ0n) is 8.32. The minimum atomic E-state index is -0.152. The van der Waals surface area contributed by atoms with E-state index < -0.39 is 0 Å². The molecule has 1 aromatic carbocycles. The van der Waals surface area contributed by atoms with Crippen molar-refractivity contribution in [3.8, 4) is 0 Å². The quantitative estimate of drug-likeness (QED) is 0.730. The highest BCUT2D eigenvalue weighted by Gasteiger charge is 2.12. The van der Waals surface area contributed by atoms with Crippen LogP contribution in [-0.4, -0.2) is 0 Å². The van der Waals surface area contributed by atoms with Gasteiger partial charge in [0.2, 0.25) is 0 Å². The molecule has 77 valence electrons. The first-order valence-corrected chi connectivity index (χ1v) is 4.90. The van der Waals surface area contributed by atoms with Crippen molar-refractivity contribution in [3.05, 3.63) is 66.1 Å². The average molecular weight is 203 g/mol. The largest absolute Gasteiger partial charge is 0.362 e. The maximum atomic E-state index is 12.9. The minimum absolute atomic E-state index is 0.152. The van der Waals surface area contributed by atoms with Crippen LogP contribution in [0, 0.1) is 6.10 Å². The molecule has 0 heterocycles. The highest BCUT2D eigenvalue weighted by molar-refractivity contribution is 5.23. The molecule has 15 heavy (non-hydrogen) atoms. The Morgan fingerprint density at radius 1 is 1.20 bits per heavy atom. The molecule has 0 fully saturated rings. The number of hydrogen-bond donors (Lipinski definition) is 0. The van der Waals surface area contributed by atoms with Gasteiger partial charge in [0.1, 0.15) is 11.9 Å². The Labute approximate surface area is 88.9 Å². The van der Waals surface area contributed by atoms with Gasteiger partial charge in [-0.05, 0) is 17.7 Å². The fourth-order valence-electron chi connectivity index (χ4n) is 1.39. The van der Waals surface area contributed by atoms with Crippen molar-refractivity contribution in [1.29, 1.82) is 0 Å². The fourth-order valence-corrected chi connectivity index (χ4v) is 1.39. The summed E-state index contributed by atoms with van der Waals surface area (Å²) >= 11 is 0. The van der Waals surface area contributed by atoms with Crippen molar-refractivity contribution < 1.29 is 9.13 Å². The molecule has 1 aliphatic carbocycles. The zero-order chi connectivity index (χ0) is 10.5. The van der Waals surface area contributed by atoms with Crippen LogP contribution in [0.3, 0.4) is 0 Å². The first kappa shape index (κ1) is 10.1. The van der Waals surface area contributed by atoms with Crippen LogP contribution >= 0.6 is 0 Å². The molecule has 0 unspecified atom stereocenters. The van der Waals surface area contributed by atoms with Gasteiger partial charge >= 0.3 is 0 Å². The van der Waals surface area contributed by atoms with Crippen LogP contribution in [-0.2, 0) is 11.3 Å². The highest BCUT2D eigenvalue weighted by Crippen LogP contribution is 2.23. The lowest BCUT2D eigenvalue weighted by atomic mass is 10.1. The van der Waals surface area contributed by atoms with E-state index in [-0.39, 0.29) is 12.2 Å². The van der Waals surface area contributed by atoms with Crippen LogP contribution in [0.15, 0.2) is 54.4 Å². The van der Waals surface area contributed by atoms with E-state index in [0.29, 0.717) is 12.7 Å². The van der Waals surface area contributed by atoms with Gasteiger partial charge in [0.25, 0.3) is 0 Å². The maximum absolute atomic E-state index is 12.9. The summed E-state index contributed by atoms with van der Waals surface area (Å²) in [6.07, 6.45) is 5.86. The molecule has 0 spiro atoms. The molecule has 2 rings (SSSR count). The van der Waals surface area contributed by atoms with E-state index >= 15 is 0 Å². The first-order chi connectivity index (χ1) is 7.34. The number of allylic oxidation sites excluding steroid dienone is 2. The molecule has 1 radical (unpaired) electrons. The summed E-state index contributed by atoms with van der Waals surface area (Å²) in [5, 5.41) is 0. The number of hydrogen-bond acceptors (Lipinski definition) is 1. The van der Waals surface area contributed by atoms with Crippen LogP contribution in [0.4, 0.5) is 4.39 Å². The van der Waals surface area contributed by atoms with E-state index in [1.165, 1.54) is 6.08 Å². The third-order valence-corrected chi connectivity index (χ3v) is 2.17. The molecular weight excluding hydrogens is 191 g/mol. The average Bonchev–Trinajstić information content (AvgIpc) is 2.28. The lowest BCUT2D eigenvalue weighted by Crippen LogP contribution is -2.03. The second kappa shape index (κ2) is 4.89. The van der Waals surface area contributed by atoms with Crippen molar-refractivity contribution in [2.45, 2.75) is 13.0 Å². The minimum Gasteiger partial charge on any atom is -0.362 e. The van der Waals surface area contributed by atoms with Crippen LogP contribution in [0.25, 0.3) is 0 Å². The molecule has 0 bridgehead atoms. The predicted molar refractivity (Wildman–Crippen MR) is 57.4 cm³/mol. The van der Waals surface area contributed by atoms with Crippen molar-refractivity contribution in [2.75, 3.05) is 0 Å². The predicted octanol–water partition coefficient (Wildman–Crippen LogP) is 3.55. The van der Waals surface area contributed by atoms with Crippen LogP contribution in [0.5, 0.6) is 0 Å². The van der Waals surface area contributed by atoms with E-state index in [0.717, 1.165) is 5.56 Å². The second-order valence-corrected chi connectivity index (χ2v) is 3.39. The Balaban J connectivity index is 1.85. The summed E-state index contributed by atoms with van der Waals surface area (Å²) in [7, 11) is 0. The maximum Gasteiger partial charge on any atom is 0.126 e. The van der Waals surface area contributed by atoms with E-state index in [1.54, 1.807) is 12.2 Å².